The van der Waals surface area contributed by atoms with Crippen molar-refractivity contribution in [2.24, 2.45) is 5.92 Å². The highest BCUT2D eigenvalue weighted by Gasteiger charge is 2.56. The largest absolute Gasteiger partial charge is 0.418 e. The third kappa shape index (κ3) is 4.37. The number of hydrogen-bond acceptors (Lipinski definition) is 4. The molecule has 2 aromatic carbocycles. The van der Waals surface area contributed by atoms with Crippen LogP contribution in [0.25, 0.3) is 10.9 Å². The van der Waals surface area contributed by atoms with Crippen LogP contribution in [0.5, 0.6) is 0 Å². The molecular weight excluding hydrogens is 523 g/mol. The Hall–Kier alpha value is -4.33. The quantitative estimate of drug-likeness (QED) is 0.480. The highest BCUT2D eigenvalue weighted by Crippen LogP contribution is 2.46. The van der Waals surface area contributed by atoms with Crippen LogP contribution in [0.2, 0.25) is 0 Å². The lowest BCUT2D eigenvalue weighted by molar-refractivity contribution is -0.137. The van der Waals surface area contributed by atoms with Crippen LogP contribution >= 0.6 is 0 Å². The van der Waals surface area contributed by atoms with E-state index in [1.165, 1.54) is 35.0 Å². The van der Waals surface area contributed by atoms with Crippen molar-refractivity contribution in [1.82, 2.24) is 14.8 Å². The molecule has 0 unspecified atom stereocenters. The molecule has 1 aromatic heterocycles. The van der Waals surface area contributed by atoms with Crippen molar-refractivity contribution in [1.29, 1.82) is 5.26 Å². The maximum absolute atomic E-state index is 14.0. The van der Waals surface area contributed by atoms with Crippen molar-refractivity contribution in [3.05, 3.63) is 65.4 Å². The number of nitriles is 1. The minimum atomic E-state index is -4.62. The average Bonchev–Trinajstić information content (AvgIpc) is 3.59. The number of carbonyl (C=O) groups excluding carboxylic acids is 3. The van der Waals surface area contributed by atoms with E-state index in [9.17, 15) is 32.8 Å². The first-order valence-electron chi connectivity index (χ1n) is 12.9. The zero-order valence-electron chi connectivity index (χ0n) is 22.2. The van der Waals surface area contributed by atoms with Gasteiger partial charge in [-0.3, -0.25) is 14.4 Å². The van der Waals surface area contributed by atoms with Gasteiger partial charge in [-0.25, -0.2) is 0 Å². The number of alkyl halides is 3. The molecule has 2 aliphatic rings. The average molecular weight is 552 g/mol. The first-order chi connectivity index (χ1) is 18.9. The molecule has 5 rings (SSSR count). The monoisotopic (exact) mass is 551 g/mol. The number of rotatable bonds is 5. The van der Waals surface area contributed by atoms with Crippen LogP contribution < -0.4 is 5.32 Å². The highest BCUT2D eigenvalue weighted by atomic mass is 19.4. The van der Waals surface area contributed by atoms with Crippen LogP contribution in [0.15, 0.2) is 48.5 Å². The second-order valence-corrected chi connectivity index (χ2v) is 10.9. The molecule has 11 heteroatoms. The van der Waals surface area contributed by atoms with Gasteiger partial charge < -0.3 is 20.1 Å². The summed E-state index contributed by atoms with van der Waals surface area (Å²) in [5.74, 6) is -1.46. The number of halogens is 3. The Morgan fingerprint density at radius 2 is 1.93 bits per heavy atom. The topological polar surface area (TPSA) is 109 Å². The zero-order chi connectivity index (χ0) is 29.0. The minimum absolute atomic E-state index is 0.0230. The summed E-state index contributed by atoms with van der Waals surface area (Å²) in [6, 6.07) is 12.4. The molecule has 1 fully saturated rings. The summed E-state index contributed by atoms with van der Waals surface area (Å²) in [6.07, 6.45) is -4.25. The Bertz CT molecular complexity index is 1560. The number of likely N-dealkylation sites (N-methyl/N-ethyl adjacent to an activating group) is 1. The summed E-state index contributed by atoms with van der Waals surface area (Å²) in [5.41, 5.74) is -0.913. The molecule has 0 aliphatic carbocycles. The SMILES string of the molecule is CC(C)C[C@@H](C(=O)N1C[C@]2(C[C@H]1C#N)C(=O)Nc1ccccc12)N(C)C(=O)c1cc2cccc(C(F)(F)F)c2[nH]1. The lowest BCUT2D eigenvalue weighted by Gasteiger charge is -2.33. The number of aromatic nitrogens is 1. The number of benzene rings is 2. The molecule has 1 saturated heterocycles. The van der Waals surface area contributed by atoms with Crippen molar-refractivity contribution in [3.63, 3.8) is 0 Å². The maximum atomic E-state index is 14.0. The van der Waals surface area contributed by atoms with Gasteiger partial charge in [0, 0.05) is 31.1 Å². The number of likely N-dealkylation sites (tertiary alicyclic amines) is 1. The third-order valence-corrected chi connectivity index (χ3v) is 7.88. The number of fused-ring (bicyclic) bond motifs is 3. The second kappa shape index (κ2) is 9.70. The molecule has 1 spiro atoms. The molecule has 2 aliphatic heterocycles. The summed E-state index contributed by atoms with van der Waals surface area (Å²) >= 11 is 0. The summed E-state index contributed by atoms with van der Waals surface area (Å²) in [6.45, 7) is 3.74. The number of aromatic amines is 1. The predicted molar refractivity (Wildman–Crippen MR) is 141 cm³/mol. The van der Waals surface area contributed by atoms with Gasteiger partial charge in [0.1, 0.15) is 17.8 Å². The van der Waals surface area contributed by atoms with Gasteiger partial charge in [0.2, 0.25) is 11.8 Å². The summed E-state index contributed by atoms with van der Waals surface area (Å²) in [5, 5.41) is 13.0. The normalized spacial score (nSPS) is 21.0. The van der Waals surface area contributed by atoms with Crippen LogP contribution in [0.3, 0.4) is 0 Å². The molecule has 3 aromatic rings. The lowest BCUT2D eigenvalue weighted by Crippen LogP contribution is -2.52. The molecule has 0 bridgehead atoms. The van der Waals surface area contributed by atoms with Gasteiger partial charge in [0.25, 0.3) is 5.91 Å². The number of nitrogens with one attached hydrogen (secondary N) is 2. The molecule has 0 radical (unpaired) electrons. The maximum Gasteiger partial charge on any atom is 0.418 e. The molecule has 40 heavy (non-hydrogen) atoms. The van der Waals surface area contributed by atoms with Crippen LogP contribution in [0.4, 0.5) is 18.9 Å². The van der Waals surface area contributed by atoms with E-state index in [-0.39, 0.29) is 47.8 Å². The smallest absolute Gasteiger partial charge is 0.350 e. The summed E-state index contributed by atoms with van der Waals surface area (Å²) in [7, 11) is 1.42. The van der Waals surface area contributed by atoms with Crippen LogP contribution in [0, 0.1) is 17.2 Å². The van der Waals surface area contributed by atoms with E-state index >= 15 is 0 Å². The van der Waals surface area contributed by atoms with Crippen LogP contribution in [-0.2, 0) is 21.2 Å². The fourth-order valence-electron chi connectivity index (χ4n) is 5.89. The number of carbonyl (C=O) groups is 3. The molecule has 3 heterocycles. The highest BCUT2D eigenvalue weighted by molar-refractivity contribution is 6.07. The molecule has 3 atom stereocenters. The minimum Gasteiger partial charge on any atom is -0.350 e. The first-order valence-corrected chi connectivity index (χ1v) is 12.9. The molecule has 0 saturated carbocycles. The lowest BCUT2D eigenvalue weighted by atomic mass is 9.80. The van der Waals surface area contributed by atoms with E-state index in [2.05, 4.69) is 16.4 Å². The van der Waals surface area contributed by atoms with Crippen LogP contribution in [-0.4, -0.2) is 58.2 Å². The number of anilines is 1. The van der Waals surface area contributed by atoms with E-state index in [4.69, 9.17) is 0 Å². The van der Waals surface area contributed by atoms with Crippen molar-refractivity contribution in [3.8, 4) is 6.07 Å². The number of amides is 3. The van der Waals surface area contributed by atoms with Gasteiger partial charge in [-0.05, 0) is 36.1 Å². The molecular formula is C29H28F3N5O3. The van der Waals surface area contributed by atoms with Crippen molar-refractivity contribution in [2.75, 3.05) is 18.9 Å². The number of hydrogen-bond donors (Lipinski definition) is 2. The van der Waals surface area contributed by atoms with E-state index < -0.39 is 41.1 Å². The summed E-state index contributed by atoms with van der Waals surface area (Å²) < 4.78 is 40.6. The second-order valence-electron chi connectivity index (χ2n) is 10.9. The van der Waals surface area contributed by atoms with E-state index in [1.54, 1.807) is 18.2 Å². The van der Waals surface area contributed by atoms with E-state index in [0.717, 1.165) is 11.6 Å². The van der Waals surface area contributed by atoms with Gasteiger partial charge in [0.15, 0.2) is 0 Å². The number of H-pyrrole nitrogens is 1. The fraction of sp³-hybridized carbons (Fsp3) is 0.379. The van der Waals surface area contributed by atoms with Crippen molar-refractivity contribution in [2.45, 2.75) is 50.4 Å². The van der Waals surface area contributed by atoms with Gasteiger partial charge in [-0.2, -0.15) is 18.4 Å². The van der Waals surface area contributed by atoms with Gasteiger partial charge in [0.05, 0.1) is 22.6 Å². The predicted octanol–water partition coefficient (Wildman–Crippen LogP) is 4.69. The molecule has 3 amide bonds. The van der Waals surface area contributed by atoms with Crippen LogP contribution in [0.1, 0.15) is 48.3 Å². The zero-order valence-corrected chi connectivity index (χ0v) is 22.2. The third-order valence-electron chi connectivity index (χ3n) is 7.88. The Kier molecular flexibility index (Phi) is 6.60. The Morgan fingerprint density at radius 3 is 2.60 bits per heavy atom. The standard InChI is InChI=1S/C29H28F3N5O3/c1-16(2)11-23(36(3)25(38)22-12-17-7-6-9-20(24(17)34-22)29(30,31)32)26(39)37-15-28(13-18(37)14-33)19-8-4-5-10-21(19)35-27(28)40/h4-10,12,16,18,23,34H,11,13,15H2,1-3H3,(H,35,40)/t18-,23-,28-/m0/s1. The van der Waals surface area contributed by atoms with Gasteiger partial charge >= 0.3 is 6.18 Å². The fourth-order valence-corrected chi connectivity index (χ4v) is 5.89. The number of para-hydroxylation sites is 2. The Balaban J connectivity index is 1.47. The van der Waals surface area contributed by atoms with Crippen molar-refractivity contribution < 1.29 is 27.6 Å². The van der Waals surface area contributed by atoms with Gasteiger partial charge in [-0.1, -0.05) is 44.2 Å². The molecule has 208 valence electrons. The summed E-state index contributed by atoms with van der Waals surface area (Å²) in [4.78, 5) is 45.9. The van der Waals surface area contributed by atoms with E-state index in [1.807, 2.05) is 19.9 Å². The Morgan fingerprint density at radius 1 is 1.20 bits per heavy atom. The molecule has 8 nitrogen and oxygen atoms in total. The van der Waals surface area contributed by atoms with Crippen molar-refractivity contribution >= 4 is 34.3 Å². The van der Waals surface area contributed by atoms with Gasteiger partial charge in [-0.15, -0.1) is 0 Å². The first kappa shape index (κ1) is 27.2. The molecule has 2 N–H and O–H groups in total. The Labute approximate surface area is 228 Å². The van der Waals surface area contributed by atoms with E-state index in [0.29, 0.717) is 5.69 Å². The number of nitrogens with zero attached hydrogens (tertiary/aromatic N) is 3.